The number of aryl methyl sites for hydroxylation is 1. The second-order valence-electron chi connectivity index (χ2n) is 4.02. The van der Waals surface area contributed by atoms with Gasteiger partial charge in [0.15, 0.2) is 0 Å². The van der Waals surface area contributed by atoms with E-state index in [2.05, 4.69) is 34.3 Å². The molecule has 0 bridgehead atoms. The molecule has 0 atom stereocenters. The zero-order valence-electron chi connectivity index (χ0n) is 8.73. The van der Waals surface area contributed by atoms with Gasteiger partial charge in [0, 0.05) is 31.7 Å². The van der Waals surface area contributed by atoms with Crippen LogP contribution in [0.2, 0.25) is 0 Å². The molecule has 3 heteroatoms. The fourth-order valence-electron chi connectivity index (χ4n) is 1.92. The normalized spacial score (nSPS) is 16.6. The van der Waals surface area contributed by atoms with Crippen LogP contribution < -0.4 is 10.1 Å². The average molecular weight is 202 g/mol. The Hall–Kier alpha value is -1.48. The smallest absolute Gasteiger partial charge is 0.145 e. The zero-order valence-corrected chi connectivity index (χ0v) is 8.73. The van der Waals surface area contributed by atoms with Gasteiger partial charge < -0.3 is 14.6 Å². The van der Waals surface area contributed by atoms with Gasteiger partial charge >= 0.3 is 0 Å². The summed E-state index contributed by atoms with van der Waals surface area (Å²) in [6, 6.07) is 8.32. The molecule has 1 fully saturated rings. The molecular formula is C12H14N2O. The Morgan fingerprint density at radius 1 is 1.33 bits per heavy atom. The molecule has 1 N–H and O–H groups in total. The first-order valence-electron chi connectivity index (χ1n) is 5.26. The number of para-hydroxylation sites is 1. The monoisotopic (exact) mass is 202 g/mol. The predicted molar refractivity (Wildman–Crippen MR) is 60.2 cm³/mol. The topological polar surface area (TPSA) is 26.2 Å². The van der Waals surface area contributed by atoms with Crippen LogP contribution in [0.5, 0.6) is 5.75 Å². The highest BCUT2D eigenvalue weighted by atomic mass is 16.5. The SMILES string of the molecule is Cn1cc(OC2CNC2)c2ccccc21. The number of hydrogen-bond acceptors (Lipinski definition) is 2. The standard InChI is InChI=1S/C12H14N2O/c1-14-8-12(15-9-6-13-7-9)10-4-2-3-5-11(10)14/h2-5,8-9,13H,6-7H2,1H3. The highest BCUT2D eigenvalue weighted by Crippen LogP contribution is 2.28. The summed E-state index contributed by atoms with van der Waals surface area (Å²) in [5.74, 6) is 1.000. The van der Waals surface area contributed by atoms with Crippen molar-refractivity contribution in [3.63, 3.8) is 0 Å². The number of rotatable bonds is 2. The molecular weight excluding hydrogens is 188 g/mol. The molecule has 0 saturated carbocycles. The number of ether oxygens (including phenoxy) is 1. The largest absolute Gasteiger partial charge is 0.486 e. The minimum Gasteiger partial charge on any atom is -0.486 e. The van der Waals surface area contributed by atoms with E-state index in [0.29, 0.717) is 6.10 Å². The summed E-state index contributed by atoms with van der Waals surface area (Å²) in [6.07, 6.45) is 2.40. The van der Waals surface area contributed by atoms with Gasteiger partial charge in [0.25, 0.3) is 0 Å². The highest BCUT2D eigenvalue weighted by Gasteiger charge is 2.20. The first-order chi connectivity index (χ1) is 7.34. The van der Waals surface area contributed by atoms with Crippen LogP contribution in [-0.4, -0.2) is 23.8 Å². The van der Waals surface area contributed by atoms with Gasteiger partial charge in [0.05, 0.1) is 5.52 Å². The minimum atomic E-state index is 0.343. The van der Waals surface area contributed by atoms with E-state index in [1.165, 1.54) is 10.9 Å². The van der Waals surface area contributed by atoms with E-state index >= 15 is 0 Å². The van der Waals surface area contributed by atoms with E-state index in [1.807, 2.05) is 13.1 Å². The lowest BCUT2D eigenvalue weighted by Crippen LogP contribution is -2.50. The predicted octanol–water partition coefficient (Wildman–Crippen LogP) is 1.53. The van der Waals surface area contributed by atoms with Crippen molar-refractivity contribution >= 4 is 10.9 Å². The number of nitrogens with zero attached hydrogens (tertiary/aromatic N) is 1. The minimum absolute atomic E-state index is 0.343. The van der Waals surface area contributed by atoms with Crippen LogP contribution in [0.1, 0.15) is 0 Å². The summed E-state index contributed by atoms with van der Waals surface area (Å²) >= 11 is 0. The first-order valence-corrected chi connectivity index (χ1v) is 5.26. The van der Waals surface area contributed by atoms with Gasteiger partial charge in [-0.25, -0.2) is 0 Å². The van der Waals surface area contributed by atoms with Crippen molar-refractivity contribution in [2.75, 3.05) is 13.1 Å². The van der Waals surface area contributed by atoms with Gasteiger partial charge in [-0.05, 0) is 12.1 Å². The highest BCUT2D eigenvalue weighted by molar-refractivity contribution is 5.86. The molecule has 15 heavy (non-hydrogen) atoms. The van der Waals surface area contributed by atoms with E-state index in [-0.39, 0.29) is 0 Å². The van der Waals surface area contributed by atoms with Crippen LogP contribution in [0.15, 0.2) is 30.5 Å². The lowest BCUT2D eigenvalue weighted by Gasteiger charge is -2.27. The third-order valence-corrected chi connectivity index (χ3v) is 2.90. The molecule has 1 aliphatic heterocycles. The summed E-state index contributed by atoms with van der Waals surface area (Å²) in [6.45, 7) is 1.92. The van der Waals surface area contributed by atoms with Crippen molar-refractivity contribution in [3.8, 4) is 5.75 Å². The summed E-state index contributed by atoms with van der Waals surface area (Å²) in [7, 11) is 2.05. The molecule has 0 radical (unpaired) electrons. The van der Waals surface area contributed by atoms with Gasteiger partial charge in [-0.2, -0.15) is 0 Å². The maximum absolute atomic E-state index is 5.90. The van der Waals surface area contributed by atoms with E-state index in [0.717, 1.165) is 18.8 Å². The summed E-state index contributed by atoms with van der Waals surface area (Å²) in [5.41, 5.74) is 1.22. The Morgan fingerprint density at radius 3 is 2.87 bits per heavy atom. The van der Waals surface area contributed by atoms with Crippen molar-refractivity contribution in [2.24, 2.45) is 7.05 Å². The molecule has 78 valence electrons. The fraction of sp³-hybridized carbons (Fsp3) is 0.333. The summed E-state index contributed by atoms with van der Waals surface area (Å²) < 4.78 is 8.01. The molecule has 1 aliphatic rings. The maximum atomic E-state index is 5.90. The lowest BCUT2D eigenvalue weighted by molar-refractivity contribution is 0.144. The number of benzene rings is 1. The van der Waals surface area contributed by atoms with E-state index in [1.54, 1.807) is 0 Å². The molecule has 0 amide bonds. The van der Waals surface area contributed by atoms with E-state index in [9.17, 15) is 0 Å². The fourth-order valence-corrected chi connectivity index (χ4v) is 1.92. The van der Waals surface area contributed by atoms with Crippen LogP contribution in [0.25, 0.3) is 10.9 Å². The van der Waals surface area contributed by atoms with Gasteiger partial charge in [0.1, 0.15) is 11.9 Å². The lowest BCUT2D eigenvalue weighted by atomic mass is 10.2. The zero-order chi connectivity index (χ0) is 10.3. The molecule has 0 aliphatic carbocycles. The van der Waals surface area contributed by atoms with Crippen LogP contribution in [0.4, 0.5) is 0 Å². The van der Waals surface area contributed by atoms with Crippen molar-refractivity contribution < 1.29 is 4.74 Å². The Balaban J connectivity index is 2.02. The van der Waals surface area contributed by atoms with Crippen molar-refractivity contribution in [1.29, 1.82) is 0 Å². The molecule has 3 nitrogen and oxygen atoms in total. The number of nitrogens with one attached hydrogen (secondary N) is 1. The van der Waals surface area contributed by atoms with Crippen LogP contribution in [0.3, 0.4) is 0 Å². The Kier molecular flexibility index (Phi) is 1.92. The van der Waals surface area contributed by atoms with E-state index < -0.39 is 0 Å². The number of fused-ring (bicyclic) bond motifs is 1. The van der Waals surface area contributed by atoms with Gasteiger partial charge in [-0.3, -0.25) is 0 Å². The maximum Gasteiger partial charge on any atom is 0.145 e. The third-order valence-electron chi connectivity index (χ3n) is 2.90. The van der Waals surface area contributed by atoms with Gasteiger partial charge in [-0.1, -0.05) is 12.1 Å². The Bertz CT molecular complexity index is 485. The molecule has 0 unspecified atom stereocenters. The number of hydrogen-bond donors (Lipinski definition) is 1. The van der Waals surface area contributed by atoms with E-state index in [4.69, 9.17) is 4.74 Å². The summed E-state index contributed by atoms with van der Waals surface area (Å²) in [5, 5.41) is 4.41. The number of aromatic nitrogens is 1. The van der Waals surface area contributed by atoms with Crippen molar-refractivity contribution in [1.82, 2.24) is 9.88 Å². The molecule has 3 rings (SSSR count). The molecule has 1 aromatic heterocycles. The molecule has 0 spiro atoms. The Labute approximate surface area is 88.6 Å². The van der Waals surface area contributed by atoms with Crippen LogP contribution in [0, 0.1) is 0 Å². The molecule has 1 aromatic carbocycles. The molecule has 2 aromatic rings. The van der Waals surface area contributed by atoms with Crippen molar-refractivity contribution in [3.05, 3.63) is 30.5 Å². The second kappa shape index (κ2) is 3.28. The quantitative estimate of drug-likeness (QED) is 0.799. The van der Waals surface area contributed by atoms with Gasteiger partial charge in [0.2, 0.25) is 0 Å². The van der Waals surface area contributed by atoms with Crippen molar-refractivity contribution in [2.45, 2.75) is 6.10 Å². The summed E-state index contributed by atoms with van der Waals surface area (Å²) in [4.78, 5) is 0. The second-order valence-corrected chi connectivity index (χ2v) is 4.02. The molecule has 1 saturated heterocycles. The first kappa shape index (κ1) is 8.80. The average Bonchev–Trinajstić information content (AvgIpc) is 2.51. The van der Waals surface area contributed by atoms with Crippen LogP contribution in [-0.2, 0) is 7.05 Å². The third kappa shape index (κ3) is 1.39. The molecule has 2 heterocycles. The van der Waals surface area contributed by atoms with Crippen LogP contribution >= 0.6 is 0 Å². The Morgan fingerprint density at radius 2 is 2.13 bits per heavy atom. The van der Waals surface area contributed by atoms with Gasteiger partial charge in [-0.15, -0.1) is 0 Å².